The van der Waals surface area contributed by atoms with Crippen molar-refractivity contribution in [1.82, 2.24) is 5.06 Å². The number of rotatable bonds is 5. The molecule has 1 atom stereocenters. The van der Waals surface area contributed by atoms with Gasteiger partial charge in [-0.25, -0.2) is 4.79 Å². The normalized spacial score (nSPS) is 14.9. The van der Waals surface area contributed by atoms with Gasteiger partial charge in [0.15, 0.2) is 0 Å². The number of hydrogen-bond donors (Lipinski definition) is 2. The lowest BCUT2D eigenvalue weighted by atomic mass is 9.93. The fraction of sp³-hybridized carbons (Fsp3) is 0.0870. The van der Waals surface area contributed by atoms with E-state index in [0.717, 1.165) is 44.8 Å². The van der Waals surface area contributed by atoms with Gasteiger partial charge in [0.25, 0.3) is 11.8 Å². The number of carbonyl (C=O) groups excluding carboxylic acids is 3. The van der Waals surface area contributed by atoms with Crippen LogP contribution in [0.25, 0.3) is 32.3 Å². The molecule has 5 rings (SSSR count). The number of thiol groups is 1. The van der Waals surface area contributed by atoms with Crippen molar-refractivity contribution in [1.29, 1.82) is 0 Å². The van der Waals surface area contributed by atoms with Crippen LogP contribution in [-0.4, -0.2) is 34.6 Å². The SMILES string of the molecule is O=C(ON1C(=O)C=CC1=O)[C@H](CS)Nc1ccc2ccc3cccc4ccc1c2c34. The number of amides is 2. The number of benzene rings is 4. The van der Waals surface area contributed by atoms with Gasteiger partial charge in [0, 0.05) is 29.0 Å². The van der Waals surface area contributed by atoms with E-state index < -0.39 is 23.8 Å². The summed E-state index contributed by atoms with van der Waals surface area (Å²) in [5.41, 5.74) is 0.744. The van der Waals surface area contributed by atoms with Crippen LogP contribution in [-0.2, 0) is 19.2 Å². The van der Waals surface area contributed by atoms with Gasteiger partial charge in [-0.05, 0) is 33.0 Å². The number of carbonyl (C=O) groups is 3. The van der Waals surface area contributed by atoms with Gasteiger partial charge in [-0.1, -0.05) is 53.6 Å². The number of nitrogens with zero attached hydrogens (tertiary/aromatic N) is 1. The molecule has 0 saturated heterocycles. The van der Waals surface area contributed by atoms with E-state index in [1.807, 2.05) is 24.3 Å². The summed E-state index contributed by atoms with van der Waals surface area (Å²) >= 11 is 4.25. The molecule has 4 aromatic rings. The summed E-state index contributed by atoms with van der Waals surface area (Å²) in [6.07, 6.45) is 2.11. The maximum Gasteiger partial charge on any atom is 0.356 e. The van der Waals surface area contributed by atoms with E-state index in [4.69, 9.17) is 4.84 Å². The first-order valence-electron chi connectivity index (χ1n) is 9.38. The third-order valence-electron chi connectivity index (χ3n) is 5.28. The third kappa shape index (κ3) is 2.86. The van der Waals surface area contributed by atoms with Crippen molar-refractivity contribution < 1.29 is 19.2 Å². The van der Waals surface area contributed by atoms with E-state index in [1.54, 1.807) is 0 Å². The molecule has 0 spiro atoms. The van der Waals surface area contributed by atoms with Crippen LogP contribution in [0.5, 0.6) is 0 Å². The molecule has 30 heavy (non-hydrogen) atoms. The second-order valence-corrected chi connectivity index (χ2v) is 7.43. The second kappa shape index (κ2) is 7.03. The first-order chi connectivity index (χ1) is 14.6. The third-order valence-corrected chi connectivity index (χ3v) is 5.64. The smallest absolute Gasteiger partial charge is 0.356 e. The average Bonchev–Trinajstić information content (AvgIpc) is 3.08. The van der Waals surface area contributed by atoms with Gasteiger partial charge in [-0.2, -0.15) is 12.6 Å². The standard InChI is InChI=1S/C23H16N2O4S/c26-19-10-11-20(27)25(19)29-23(28)18(12-30)24-17-9-7-15-5-4-13-2-1-3-14-6-8-16(17)22(15)21(13)14/h1-11,18,24,30H,12H2/t18-/m0/s1. The minimum atomic E-state index is -0.854. The summed E-state index contributed by atoms with van der Waals surface area (Å²) < 4.78 is 0. The largest absolute Gasteiger partial charge is 0.371 e. The average molecular weight is 416 g/mol. The molecule has 0 bridgehead atoms. The van der Waals surface area contributed by atoms with Crippen LogP contribution in [0.2, 0.25) is 0 Å². The highest BCUT2D eigenvalue weighted by molar-refractivity contribution is 7.80. The Hall–Kier alpha value is -3.58. The van der Waals surface area contributed by atoms with Crippen LogP contribution in [0.4, 0.5) is 5.69 Å². The molecule has 1 N–H and O–H groups in total. The minimum absolute atomic E-state index is 0.116. The maximum absolute atomic E-state index is 12.6. The van der Waals surface area contributed by atoms with Crippen molar-refractivity contribution >= 4 is 68.4 Å². The lowest BCUT2D eigenvalue weighted by Crippen LogP contribution is -2.40. The summed E-state index contributed by atoms with van der Waals surface area (Å²) in [5.74, 6) is -2.02. The Morgan fingerprint density at radius 1 is 0.900 bits per heavy atom. The Morgan fingerprint density at radius 3 is 2.17 bits per heavy atom. The number of nitrogens with one attached hydrogen (secondary N) is 1. The van der Waals surface area contributed by atoms with Crippen molar-refractivity contribution in [2.75, 3.05) is 11.1 Å². The van der Waals surface area contributed by atoms with Crippen molar-refractivity contribution in [3.8, 4) is 0 Å². The summed E-state index contributed by atoms with van der Waals surface area (Å²) in [5, 5.41) is 10.2. The molecule has 1 heterocycles. The van der Waals surface area contributed by atoms with Crippen molar-refractivity contribution in [3.63, 3.8) is 0 Å². The number of hydrogen-bond acceptors (Lipinski definition) is 6. The van der Waals surface area contributed by atoms with E-state index in [2.05, 4.69) is 48.3 Å². The summed E-state index contributed by atoms with van der Waals surface area (Å²) in [6.45, 7) is 0. The molecule has 0 radical (unpaired) electrons. The topological polar surface area (TPSA) is 75.7 Å². The zero-order valence-electron chi connectivity index (χ0n) is 15.7. The molecule has 148 valence electrons. The zero-order valence-corrected chi connectivity index (χ0v) is 16.6. The molecular formula is C23H16N2O4S. The molecule has 4 aromatic carbocycles. The van der Waals surface area contributed by atoms with Crippen LogP contribution in [0.15, 0.2) is 66.7 Å². The highest BCUT2D eigenvalue weighted by Gasteiger charge is 2.31. The fourth-order valence-electron chi connectivity index (χ4n) is 3.86. The van der Waals surface area contributed by atoms with Gasteiger partial charge in [-0.3, -0.25) is 9.59 Å². The summed E-state index contributed by atoms with van der Waals surface area (Å²) in [7, 11) is 0. The van der Waals surface area contributed by atoms with Gasteiger partial charge in [0.1, 0.15) is 6.04 Å². The predicted molar refractivity (Wildman–Crippen MR) is 118 cm³/mol. The number of hydroxylamine groups is 2. The monoisotopic (exact) mass is 416 g/mol. The van der Waals surface area contributed by atoms with E-state index in [1.165, 1.54) is 5.39 Å². The van der Waals surface area contributed by atoms with Gasteiger partial charge in [-0.15, -0.1) is 0 Å². The lowest BCUT2D eigenvalue weighted by molar-refractivity contribution is -0.196. The van der Waals surface area contributed by atoms with Gasteiger partial charge < -0.3 is 10.2 Å². The Balaban J connectivity index is 1.51. The van der Waals surface area contributed by atoms with Crippen LogP contribution in [0.3, 0.4) is 0 Å². The first kappa shape index (κ1) is 18.4. The molecule has 1 aliphatic heterocycles. The van der Waals surface area contributed by atoms with Gasteiger partial charge in [0.2, 0.25) is 0 Å². The molecule has 0 saturated carbocycles. The highest BCUT2D eigenvalue weighted by atomic mass is 32.1. The Kier molecular flexibility index (Phi) is 4.33. The number of imide groups is 1. The van der Waals surface area contributed by atoms with Crippen LogP contribution >= 0.6 is 12.6 Å². The Morgan fingerprint density at radius 2 is 1.50 bits per heavy atom. The van der Waals surface area contributed by atoms with Crippen LogP contribution < -0.4 is 5.32 Å². The van der Waals surface area contributed by atoms with Gasteiger partial charge in [0.05, 0.1) is 0 Å². The van der Waals surface area contributed by atoms with Crippen LogP contribution in [0, 0.1) is 0 Å². The van der Waals surface area contributed by atoms with Crippen molar-refractivity contribution in [3.05, 3.63) is 66.7 Å². The quantitative estimate of drug-likeness (QED) is 0.295. The molecule has 2 amide bonds. The van der Waals surface area contributed by atoms with E-state index >= 15 is 0 Å². The van der Waals surface area contributed by atoms with Crippen molar-refractivity contribution in [2.45, 2.75) is 6.04 Å². The number of anilines is 1. The Labute approximate surface area is 176 Å². The fourth-order valence-corrected chi connectivity index (χ4v) is 4.10. The first-order valence-corrected chi connectivity index (χ1v) is 10.0. The zero-order chi connectivity index (χ0) is 20.8. The lowest BCUT2D eigenvalue weighted by Gasteiger charge is -2.21. The summed E-state index contributed by atoms with van der Waals surface area (Å²) in [6, 6.07) is 17.5. The predicted octanol–water partition coefficient (Wildman–Crippen LogP) is 3.68. The van der Waals surface area contributed by atoms with Crippen molar-refractivity contribution in [2.24, 2.45) is 0 Å². The molecule has 7 heteroatoms. The van der Waals surface area contributed by atoms with Gasteiger partial charge >= 0.3 is 5.97 Å². The maximum atomic E-state index is 12.6. The summed E-state index contributed by atoms with van der Waals surface area (Å²) in [4.78, 5) is 40.9. The van der Waals surface area contributed by atoms with E-state index in [-0.39, 0.29) is 5.75 Å². The molecule has 0 aromatic heterocycles. The van der Waals surface area contributed by atoms with Crippen LogP contribution in [0.1, 0.15) is 0 Å². The molecule has 6 nitrogen and oxygen atoms in total. The molecule has 0 aliphatic carbocycles. The molecule has 1 aliphatic rings. The highest BCUT2D eigenvalue weighted by Crippen LogP contribution is 2.37. The van der Waals surface area contributed by atoms with E-state index in [0.29, 0.717) is 5.06 Å². The molecule has 0 fully saturated rings. The molecule has 0 unspecified atom stereocenters. The minimum Gasteiger partial charge on any atom is -0.371 e. The van der Waals surface area contributed by atoms with E-state index in [9.17, 15) is 14.4 Å². The Bertz CT molecular complexity index is 1330. The molecular weight excluding hydrogens is 400 g/mol. The second-order valence-electron chi connectivity index (χ2n) is 7.06.